The Kier molecular flexibility index (Phi) is 6.22. The fourth-order valence-electron chi connectivity index (χ4n) is 3.60. The van der Waals surface area contributed by atoms with Gasteiger partial charge in [0, 0.05) is 38.0 Å². The zero-order valence-corrected chi connectivity index (χ0v) is 19.0. The minimum atomic E-state index is -3.44. The minimum Gasteiger partial charge on any atom is -0.345 e. The van der Waals surface area contributed by atoms with Crippen molar-refractivity contribution in [2.45, 2.75) is 31.6 Å². The largest absolute Gasteiger partial charge is 0.345 e. The van der Waals surface area contributed by atoms with E-state index < -0.39 is 10.0 Å². The van der Waals surface area contributed by atoms with Gasteiger partial charge in [0.05, 0.1) is 10.6 Å². The monoisotopic (exact) mass is 441 g/mol. The topological polar surface area (TPSA) is 53.5 Å². The van der Waals surface area contributed by atoms with Crippen molar-refractivity contribution in [3.63, 3.8) is 0 Å². The second kappa shape index (κ2) is 8.88. The molecule has 0 N–H and O–H groups in total. The Hall–Kier alpha value is -2.22. The molecule has 1 aliphatic rings. The van der Waals surface area contributed by atoms with Crippen LogP contribution >= 0.6 is 11.3 Å². The first-order valence-corrected chi connectivity index (χ1v) is 12.6. The molecular formula is C23H27N3O2S2. The van der Waals surface area contributed by atoms with E-state index in [1.54, 1.807) is 27.8 Å². The van der Waals surface area contributed by atoms with E-state index >= 15 is 0 Å². The van der Waals surface area contributed by atoms with Crippen LogP contribution in [0.4, 0.5) is 5.13 Å². The Labute approximate surface area is 183 Å². The van der Waals surface area contributed by atoms with Crippen LogP contribution in [0.15, 0.2) is 58.8 Å². The fraction of sp³-hybridized carbons (Fsp3) is 0.348. The maximum absolute atomic E-state index is 12.9. The van der Waals surface area contributed by atoms with E-state index in [1.807, 2.05) is 19.1 Å². The van der Waals surface area contributed by atoms with Crippen molar-refractivity contribution in [1.29, 1.82) is 0 Å². The molecular weight excluding hydrogens is 414 g/mol. The third-order valence-corrected chi connectivity index (χ3v) is 8.39. The minimum absolute atomic E-state index is 0.368. The second-order valence-electron chi connectivity index (χ2n) is 7.67. The van der Waals surface area contributed by atoms with Crippen LogP contribution in [0.1, 0.15) is 29.3 Å². The normalized spacial score (nSPS) is 15.5. The Morgan fingerprint density at radius 1 is 0.933 bits per heavy atom. The van der Waals surface area contributed by atoms with Gasteiger partial charge in [-0.25, -0.2) is 13.4 Å². The molecule has 0 aliphatic carbocycles. The van der Waals surface area contributed by atoms with Gasteiger partial charge in [-0.05, 0) is 36.6 Å². The number of benzene rings is 2. The van der Waals surface area contributed by atoms with Crippen molar-refractivity contribution in [3.8, 4) is 0 Å². The third-order valence-electron chi connectivity index (χ3n) is 5.52. The molecule has 0 spiro atoms. The number of anilines is 1. The lowest BCUT2D eigenvalue weighted by Gasteiger charge is -2.33. The van der Waals surface area contributed by atoms with Gasteiger partial charge in [0.1, 0.15) is 0 Å². The Morgan fingerprint density at radius 3 is 2.20 bits per heavy atom. The van der Waals surface area contributed by atoms with Crippen LogP contribution in [0, 0.1) is 6.92 Å². The van der Waals surface area contributed by atoms with Crippen LogP contribution in [0.3, 0.4) is 0 Å². The Bertz CT molecular complexity index is 1080. The van der Waals surface area contributed by atoms with Crippen LogP contribution in [-0.4, -0.2) is 43.9 Å². The number of hydrogen-bond donors (Lipinski definition) is 0. The summed E-state index contributed by atoms with van der Waals surface area (Å²) >= 11 is 1.64. The molecule has 1 saturated heterocycles. The highest BCUT2D eigenvalue weighted by molar-refractivity contribution is 7.89. The van der Waals surface area contributed by atoms with E-state index in [2.05, 4.69) is 41.5 Å². The van der Waals surface area contributed by atoms with E-state index in [9.17, 15) is 8.42 Å². The number of thiazole rings is 1. The van der Waals surface area contributed by atoms with Crippen molar-refractivity contribution in [2.24, 2.45) is 0 Å². The Balaban J connectivity index is 1.38. The van der Waals surface area contributed by atoms with Crippen molar-refractivity contribution in [1.82, 2.24) is 9.29 Å². The number of rotatable bonds is 6. The van der Waals surface area contributed by atoms with Crippen LogP contribution < -0.4 is 4.90 Å². The molecule has 0 radical (unpaired) electrons. The zero-order valence-electron chi connectivity index (χ0n) is 17.4. The third kappa shape index (κ3) is 4.58. The van der Waals surface area contributed by atoms with Gasteiger partial charge in [0.25, 0.3) is 0 Å². The van der Waals surface area contributed by atoms with Gasteiger partial charge in [-0.3, -0.25) is 0 Å². The van der Waals surface area contributed by atoms with Crippen molar-refractivity contribution >= 4 is 26.5 Å². The molecule has 1 aliphatic heterocycles. The molecule has 0 atom stereocenters. The summed E-state index contributed by atoms with van der Waals surface area (Å²) < 4.78 is 27.4. The predicted molar refractivity (Wildman–Crippen MR) is 123 cm³/mol. The Morgan fingerprint density at radius 2 is 1.57 bits per heavy atom. The van der Waals surface area contributed by atoms with Gasteiger partial charge < -0.3 is 4.90 Å². The lowest BCUT2D eigenvalue weighted by molar-refractivity contribution is 0.384. The average molecular weight is 442 g/mol. The van der Waals surface area contributed by atoms with Gasteiger partial charge in [-0.1, -0.05) is 48.9 Å². The summed E-state index contributed by atoms with van der Waals surface area (Å²) in [5.74, 6) is 0. The quantitative estimate of drug-likeness (QED) is 0.578. The molecule has 3 aromatic rings. The van der Waals surface area contributed by atoms with Crippen molar-refractivity contribution in [3.05, 3.63) is 76.3 Å². The molecule has 30 heavy (non-hydrogen) atoms. The molecule has 158 valence electrons. The van der Waals surface area contributed by atoms with Crippen LogP contribution in [0.5, 0.6) is 0 Å². The average Bonchev–Trinajstić information content (AvgIpc) is 3.23. The molecule has 0 amide bonds. The smallest absolute Gasteiger partial charge is 0.243 e. The number of aryl methyl sites for hydroxylation is 2. The highest BCUT2D eigenvalue weighted by Gasteiger charge is 2.29. The molecule has 4 rings (SSSR count). The molecule has 0 bridgehead atoms. The lowest BCUT2D eigenvalue weighted by Crippen LogP contribution is -2.48. The molecule has 7 heteroatoms. The number of piperazine rings is 1. The van der Waals surface area contributed by atoms with E-state index in [-0.39, 0.29) is 0 Å². The first-order chi connectivity index (χ1) is 14.5. The lowest BCUT2D eigenvalue weighted by atomic mass is 10.1. The molecule has 0 unspecified atom stereocenters. The number of nitrogens with zero attached hydrogens (tertiary/aromatic N) is 3. The summed E-state index contributed by atoms with van der Waals surface area (Å²) in [4.78, 5) is 7.36. The standard InChI is InChI=1S/C23H27N3O2S2/c1-3-19-6-8-20(9-7-19)16-21-17-29-23(24-21)25-12-14-26(15-13-25)30(27,28)22-10-4-18(2)5-11-22/h4-11,17H,3,12-16H2,1-2H3. The number of sulfonamides is 1. The van der Waals surface area contributed by atoms with E-state index in [1.165, 1.54) is 11.1 Å². The first-order valence-electron chi connectivity index (χ1n) is 10.3. The SMILES string of the molecule is CCc1ccc(Cc2csc(N3CCN(S(=O)(=O)c4ccc(C)cc4)CC3)n2)cc1. The summed E-state index contributed by atoms with van der Waals surface area (Å²) in [5.41, 5.74) is 4.72. The van der Waals surface area contributed by atoms with Crippen LogP contribution in [0.25, 0.3) is 0 Å². The zero-order chi connectivity index (χ0) is 21.1. The number of aromatic nitrogens is 1. The molecule has 5 nitrogen and oxygen atoms in total. The fourth-order valence-corrected chi connectivity index (χ4v) is 5.90. The maximum atomic E-state index is 12.9. The molecule has 2 heterocycles. The highest BCUT2D eigenvalue weighted by Crippen LogP contribution is 2.25. The number of hydrogen-bond acceptors (Lipinski definition) is 5. The van der Waals surface area contributed by atoms with Gasteiger partial charge in [-0.15, -0.1) is 11.3 Å². The van der Waals surface area contributed by atoms with E-state index in [4.69, 9.17) is 4.98 Å². The van der Waals surface area contributed by atoms with Gasteiger partial charge in [0.15, 0.2) is 5.13 Å². The van der Waals surface area contributed by atoms with Crippen molar-refractivity contribution in [2.75, 3.05) is 31.1 Å². The molecule has 1 aromatic heterocycles. The first kappa shape index (κ1) is 21.0. The van der Waals surface area contributed by atoms with Crippen LogP contribution in [0.2, 0.25) is 0 Å². The summed E-state index contributed by atoms with van der Waals surface area (Å²) in [6, 6.07) is 15.8. The molecule has 2 aromatic carbocycles. The van der Waals surface area contributed by atoms with E-state index in [0.29, 0.717) is 31.1 Å². The second-order valence-corrected chi connectivity index (χ2v) is 10.4. The summed E-state index contributed by atoms with van der Waals surface area (Å²) in [6.45, 7) is 6.38. The van der Waals surface area contributed by atoms with Gasteiger partial charge >= 0.3 is 0 Å². The highest BCUT2D eigenvalue weighted by atomic mass is 32.2. The summed E-state index contributed by atoms with van der Waals surface area (Å²) in [7, 11) is -3.44. The van der Waals surface area contributed by atoms with Crippen LogP contribution in [-0.2, 0) is 22.9 Å². The predicted octanol–water partition coefficient (Wildman–Crippen LogP) is 4.12. The summed E-state index contributed by atoms with van der Waals surface area (Å²) in [5, 5.41) is 3.08. The molecule has 0 saturated carbocycles. The maximum Gasteiger partial charge on any atom is 0.243 e. The van der Waals surface area contributed by atoms with Crippen molar-refractivity contribution < 1.29 is 8.42 Å². The molecule has 1 fully saturated rings. The van der Waals surface area contributed by atoms with E-state index in [0.717, 1.165) is 29.2 Å². The van der Waals surface area contributed by atoms with Gasteiger partial charge in [-0.2, -0.15) is 4.31 Å². The van der Waals surface area contributed by atoms with Gasteiger partial charge in [0.2, 0.25) is 10.0 Å². The summed E-state index contributed by atoms with van der Waals surface area (Å²) in [6.07, 6.45) is 1.87.